The smallest absolute Gasteiger partial charge is 0.315 e. The second-order valence-electron chi connectivity index (χ2n) is 10.1. The van der Waals surface area contributed by atoms with Gasteiger partial charge in [-0.25, -0.2) is 9.59 Å². The molecule has 5 N–H and O–H groups in total. The predicted octanol–water partition coefficient (Wildman–Crippen LogP) is 0.132. The van der Waals surface area contributed by atoms with Crippen molar-refractivity contribution in [2.24, 2.45) is 11.8 Å². The van der Waals surface area contributed by atoms with Crippen molar-refractivity contribution in [2.75, 3.05) is 39.5 Å². The molecule has 3 atom stereocenters. The number of hydrogen-bond acceptors (Lipinski definition) is 11. The molecular weight excluding hydrogens is 544 g/mol. The van der Waals surface area contributed by atoms with Gasteiger partial charge < -0.3 is 45.3 Å². The minimum absolute atomic E-state index is 0.000628. The standard InChI is InChI=1S/C26H44N4O11/c1-16(2)23(34)40-13-11-38-21(32)7-9-27-25(36)29-19-6-5-18(31)15-20(19)30-26(37)28-10-8-22(33)39-12-14-41-24(35)17(3)4/h16-20,31H,5-15H2,1-4H3,(H2,27,29,36)(H2,28,30,37). The van der Waals surface area contributed by atoms with E-state index in [1.165, 1.54) is 0 Å². The van der Waals surface area contributed by atoms with Gasteiger partial charge in [0.1, 0.15) is 26.4 Å². The molecular formula is C26H44N4O11. The van der Waals surface area contributed by atoms with E-state index in [2.05, 4.69) is 21.3 Å². The zero-order chi connectivity index (χ0) is 30.8. The van der Waals surface area contributed by atoms with Gasteiger partial charge in [-0.1, -0.05) is 27.7 Å². The lowest BCUT2D eigenvalue weighted by Gasteiger charge is -2.35. The lowest BCUT2D eigenvalue weighted by molar-refractivity contribution is -0.154. The highest BCUT2D eigenvalue weighted by atomic mass is 16.6. The molecule has 1 aliphatic rings. The van der Waals surface area contributed by atoms with E-state index in [4.69, 9.17) is 18.9 Å². The molecule has 4 amide bonds. The highest BCUT2D eigenvalue weighted by Gasteiger charge is 2.32. The minimum Gasteiger partial charge on any atom is -0.462 e. The molecule has 0 spiro atoms. The van der Waals surface area contributed by atoms with E-state index < -0.39 is 48.2 Å². The average molecular weight is 589 g/mol. The minimum atomic E-state index is -0.657. The Morgan fingerprint density at radius 2 is 1.07 bits per heavy atom. The van der Waals surface area contributed by atoms with Crippen molar-refractivity contribution in [2.45, 2.75) is 78.0 Å². The van der Waals surface area contributed by atoms with Crippen LogP contribution in [0.2, 0.25) is 0 Å². The van der Waals surface area contributed by atoms with E-state index >= 15 is 0 Å². The average Bonchev–Trinajstić information content (AvgIpc) is 2.90. The van der Waals surface area contributed by atoms with E-state index in [0.717, 1.165) is 0 Å². The van der Waals surface area contributed by atoms with Crippen LogP contribution in [-0.2, 0) is 38.1 Å². The lowest BCUT2D eigenvalue weighted by atomic mass is 9.88. The molecule has 0 aromatic carbocycles. The first kappa shape index (κ1) is 35.4. The Morgan fingerprint density at radius 1 is 0.659 bits per heavy atom. The maximum Gasteiger partial charge on any atom is 0.315 e. The van der Waals surface area contributed by atoms with Gasteiger partial charge in [-0.3, -0.25) is 19.2 Å². The molecule has 1 saturated carbocycles. The van der Waals surface area contributed by atoms with Gasteiger partial charge in [0.05, 0.1) is 42.9 Å². The molecule has 234 valence electrons. The molecule has 0 heterocycles. The Hall–Kier alpha value is -3.62. The van der Waals surface area contributed by atoms with Crippen LogP contribution in [0, 0.1) is 11.8 Å². The summed E-state index contributed by atoms with van der Waals surface area (Å²) in [6, 6.07) is -2.20. The van der Waals surface area contributed by atoms with E-state index in [1.54, 1.807) is 27.7 Å². The fourth-order valence-electron chi connectivity index (χ4n) is 3.55. The molecule has 15 nitrogen and oxygen atoms in total. The molecule has 0 bridgehead atoms. The van der Waals surface area contributed by atoms with Crippen LogP contribution in [-0.4, -0.2) is 98.8 Å². The maximum atomic E-state index is 12.3. The Labute approximate surface area is 239 Å². The van der Waals surface area contributed by atoms with Gasteiger partial charge in [0.2, 0.25) is 0 Å². The molecule has 0 saturated heterocycles. The van der Waals surface area contributed by atoms with Crippen LogP contribution in [0.4, 0.5) is 9.59 Å². The van der Waals surface area contributed by atoms with Crippen LogP contribution in [0.5, 0.6) is 0 Å². The fraction of sp³-hybridized carbons (Fsp3) is 0.769. The summed E-state index contributed by atoms with van der Waals surface area (Å²) in [6.07, 6.45) is 0.194. The Bertz CT molecular complexity index is 881. The molecule has 0 aliphatic heterocycles. The van der Waals surface area contributed by atoms with Crippen LogP contribution in [0.1, 0.15) is 59.8 Å². The van der Waals surface area contributed by atoms with Crippen LogP contribution in [0.25, 0.3) is 0 Å². The van der Waals surface area contributed by atoms with Crippen LogP contribution in [0.15, 0.2) is 0 Å². The van der Waals surface area contributed by atoms with Crippen molar-refractivity contribution in [3.05, 3.63) is 0 Å². The van der Waals surface area contributed by atoms with Crippen LogP contribution < -0.4 is 21.3 Å². The molecule has 41 heavy (non-hydrogen) atoms. The first-order chi connectivity index (χ1) is 19.4. The number of aliphatic hydroxyl groups excluding tert-OH is 1. The largest absolute Gasteiger partial charge is 0.462 e. The van der Waals surface area contributed by atoms with E-state index in [-0.39, 0.29) is 76.6 Å². The van der Waals surface area contributed by atoms with E-state index in [0.29, 0.717) is 12.8 Å². The van der Waals surface area contributed by atoms with Crippen LogP contribution in [0.3, 0.4) is 0 Å². The Morgan fingerprint density at radius 3 is 1.51 bits per heavy atom. The van der Waals surface area contributed by atoms with Crippen molar-refractivity contribution in [1.29, 1.82) is 0 Å². The summed E-state index contributed by atoms with van der Waals surface area (Å²) in [5.74, 6) is -2.48. The number of rotatable bonds is 16. The number of hydrogen-bond donors (Lipinski definition) is 5. The van der Waals surface area contributed by atoms with Crippen molar-refractivity contribution < 1.29 is 52.8 Å². The summed E-state index contributed by atoms with van der Waals surface area (Å²) in [5, 5.41) is 20.5. The molecule has 1 fully saturated rings. The van der Waals surface area contributed by atoms with Crippen molar-refractivity contribution in [3.63, 3.8) is 0 Å². The highest BCUT2D eigenvalue weighted by molar-refractivity contribution is 5.77. The first-order valence-electron chi connectivity index (χ1n) is 13.8. The lowest BCUT2D eigenvalue weighted by Crippen LogP contribution is -2.58. The van der Waals surface area contributed by atoms with Gasteiger partial charge in [0.15, 0.2) is 0 Å². The molecule has 1 rings (SSSR count). The van der Waals surface area contributed by atoms with Gasteiger partial charge in [-0.05, 0) is 19.3 Å². The number of carbonyl (C=O) groups excluding carboxylic acids is 6. The third-order valence-electron chi connectivity index (χ3n) is 5.81. The third kappa shape index (κ3) is 16.3. The van der Waals surface area contributed by atoms with Gasteiger partial charge in [-0.15, -0.1) is 0 Å². The highest BCUT2D eigenvalue weighted by Crippen LogP contribution is 2.19. The Balaban J connectivity index is 2.30. The number of aliphatic hydroxyl groups is 1. The van der Waals surface area contributed by atoms with Gasteiger partial charge >= 0.3 is 35.9 Å². The molecule has 1 aliphatic carbocycles. The number of amides is 4. The SMILES string of the molecule is CC(C)C(=O)OCCOC(=O)CCNC(=O)NC1CCC(O)CC1NC(=O)NCCC(=O)OCCOC(=O)C(C)C. The van der Waals surface area contributed by atoms with E-state index in [1.807, 2.05) is 0 Å². The second kappa shape index (κ2) is 19.5. The summed E-state index contributed by atoms with van der Waals surface area (Å²) < 4.78 is 19.7. The van der Waals surface area contributed by atoms with Gasteiger partial charge in [-0.2, -0.15) is 0 Å². The van der Waals surface area contributed by atoms with Gasteiger partial charge in [0, 0.05) is 13.1 Å². The van der Waals surface area contributed by atoms with Crippen molar-refractivity contribution >= 4 is 35.9 Å². The maximum absolute atomic E-state index is 12.3. The summed E-state index contributed by atoms with van der Waals surface area (Å²) in [4.78, 5) is 70.9. The normalized spacial score (nSPS) is 18.2. The van der Waals surface area contributed by atoms with E-state index in [9.17, 15) is 33.9 Å². The van der Waals surface area contributed by atoms with Crippen molar-refractivity contribution in [3.8, 4) is 0 Å². The number of esters is 4. The summed E-state index contributed by atoms with van der Waals surface area (Å²) >= 11 is 0. The molecule has 3 unspecified atom stereocenters. The van der Waals surface area contributed by atoms with Crippen LogP contribution >= 0.6 is 0 Å². The molecule has 0 aromatic heterocycles. The number of nitrogens with one attached hydrogen (secondary N) is 4. The third-order valence-corrected chi connectivity index (χ3v) is 5.81. The number of ether oxygens (including phenoxy) is 4. The number of carbonyl (C=O) groups is 6. The zero-order valence-electron chi connectivity index (χ0n) is 24.2. The fourth-order valence-corrected chi connectivity index (χ4v) is 3.55. The van der Waals surface area contributed by atoms with Gasteiger partial charge in [0.25, 0.3) is 0 Å². The molecule has 15 heteroatoms. The monoisotopic (exact) mass is 588 g/mol. The quantitative estimate of drug-likeness (QED) is 0.0930. The number of urea groups is 2. The zero-order valence-corrected chi connectivity index (χ0v) is 24.2. The summed E-state index contributed by atoms with van der Waals surface area (Å²) in [5.41, 5.74) is 0. The molecule has 0 radical (unpaired) electrons. The topological polar surface area (TPSA) is 208 Å². The summed E-state index contributed by atoms with van der Waals surface area (Å²) in [7, 11) is 0. The first-order valence-corrected chi connectivity index (χ1v) is 13.8. The summed E-state index contributed by atoms with van der Waals surface area (Å²) in [6.45, 7) is 6.47. The second-order valence-corrected chi connectivity index (χ2v) is 10.1. The molecule has 0 aromatic rings. The van der Waals surface area contributed by atoms with Crippen molar-refractivity contribution in [1.82, 2.24) is 21.3 Å². The Kier molecular flexibility index (Phi) is 16.8. The predicted molar refractivity (Wildman–Crippen MR) is 143 cm³/mol.